The number of carbonyl (C=O) groups is 1. The summed E-state index contributed by atoms with van der Waals surface area (Å²) in [6.07, 6.45) is 2.96. The van der Waals surface area contributed by atoms with E-state index in [9.17, 15) is 4.79 Å². The van der Waals surface area contributed by atoms with Crippen LogP contribution in [0.2, 0.25) is 0 Å². The molecular formula is C22H27N3O3S. The van der Waals surface area contributed by atoms with Crippen molar-refractivity contribution in [1.82, 2.24) is 15.0 Å². The van der Waals surface area contributed by atoms with Crippen molar-refractivity contribution in [3.8, 4) is 5.19 Å². The molecule has 1 fully saturated rings. The molecule has 29 heavy (non-hydrogen) atoms. The molecule has 1 aliphatic heterocycles. The van der Waals surface area contributed by atoms with E-state index in [1.165, 1.54) is 15.8 Å². The summed E-state index contributed by atoms with van der Waals surface area (Å²) in [5.74, 6) is 0.999. The first kappa shape index (κ1) is 19.9. The number of benzene rings is 1. The number of ether oxygens (including phenoxy) is 1. The van der Waals surface area contributed by atoms with Crippen LogP contribution in [0.25, 0.3) is 10.2 Å². The molecule has 1 aliphatic rings. The van der Waals surface area contributed by atoms with Crippen molar-refractivity contribution in [2.45, 2.75) is 59.5 Å². The van der Waals surface area contributed by atoms with Gasteiger partial charge in [0.15, 0.2) is 0 Å². The van der Waals surface area contributed by atoms with E-state index < -0.39 is 0 Å². The Kier molecular flexibility index (Phi) is 5.58. The minimum absolute atomic E-state index is 0.114. The largest absolute Gasteiger partial charge is 0.467 e. The van der Waals surface area contributed by atoms with Crippen LogP contribution in [-0.2, 0) is 11.2 Å². The van der Waals surface area contributed by atoms with Gasteiger partial charge in [0.2, 0.25) is 5.91 Å². The summed E-state index contributed by atoms with van der Waals surface area (Å²) in [7, 11) is 0. The highest BCUT2D eigenvalue weighted by Crippen LogP contribution is 2.33. The molecule has 7 heteroatoms. The van der Waals surface area contributed by atoms with Gasteiger partial charge in [-0.25, -0.2) is 4.98 Å². The summed E-state index contributed by atoms with van der Waals surface area (Å²) in [6.45, 7) is 9.47. The van der Waals surface area contributed by atoms with Gasteiger partial charge >= 0.3 is 0 Å². The molecule has 1 aromatic carbocycles. The molecule has 1 saturated heterocycles. The predicted molar refractivity (Wildman–Crippen MR) is 114 cm³/mol. The number of hydrogen-bond donors (Lipinski definition) is 0. The van der Waals surface area contributed by atoms with E-state index in [0.717, 1.165) is 53.7 Å². The number of aryl methyl sites for hydroxylation is 4. The van der Waals surface area contributed by atoms with Crippen LogP contribution < -0.4 is 4.74 Å². The van der Waals surface area contributed by atoms with Crippen LogP contribution in [0.15, 0.2) is 16.7 Å². The number of hydrogen-bond acceptors (Lipinski definition) is 6. The van der Waals surface area contributed by atoms with E-state index in [0.29, 0.717) is 12.8 Å². The zero-order chi connectivity index (χ0) is 20.5. The molecule has 6 nitrogen and oxygen atoms in total. The Morgan fingerprint density at radius 3 is 2.59 bits per heavy atom. The average Bonchev–Trinajstić information content (AvgIpc) is 3.28. The van der Waals surface area contributed by atoms with Crippen LogP contribution in [-0.4, -0.2) is 40.1 Å². The highest BCUT2D eigenvalue weighted by Gasteiger charge is 2.25. The maximum Gasteiger partial charge on any atom is 0.274 e. The first-order chi connectivity index (χ1) is 13.9. The molecular weight excluding hydrogens is 386 g/mol. The van der Waals surface area contributed by atoms with Gasteiger partial charge < -0.3 is 14.2 Å². The molecule has 0 spiro atoms. The number of fused-ring (bicyclic) bond motifs is 1. The standard InChI is InChI=1S/C22H27N3O3S/c1-13-5-6-14(2)21-20(13)23-22(29-21)27-17-9-11-25(12-10-17)19(26)8-7-18-15(3)24-28-16(18)4/h5-6,17H,7-12H2,1-4H3. The molecule has 2 aromatic heterocycles. The summed E-state index contributed by atoms with van der Waals surface area (Å²) in [5, 5.41) is 4.70. The lowest BCUT2D eigenvalue weighted by molar-refractivity contribution is -0.132. The second kappa shape index (κ2) is 8.14. The van der Waals surface area contributed by atoms with Gasteiger partial charge in [-0.05, 0) is 45.2 Å². The Balaban J connectivity index is 1.31. The van der Waals surface area contributed by atoms with Gasteiger partial charge in [-0.1, -0.05) is 28.6 Å². The number of amides is 1. The first-order valence-corrected chi connectivity index (χ1v) is 11.0. The van der Waals surface area contributed by atoms with E-state index in [1.54, 1.807) is 11.3 Å². The topological polar surface area (TPSA) is 68.5 Å². The monoisotopic (exact) mass is 413 g/mol. The maximum absolute atomic E-state index is 12.6. The number of aromatic nitrogens is 2. The van der Waals surface area contributed by atoms with Gasteiger partial charge in [0.05, 0.1) is 15.9 Å². The van der Waals surface area contributed by atoms with Crippen molar-refractivity contribution in [3.63, 3.8) is 0 Å². The molecule has 0 aliphatic carbocycles. The van der Waals surface area contributed by atoms with Crippen molar-refractivity contribution in [2.75, 3.05) is 13.1 Å². The van der Waals surface area contributed by atoms with E-state index in [2.05, 4.69) is 31.1 Å². The molecule has 0 atom stereocenters. The number of rotatable bonds is 5. The molecule has 3 aromatic rings. The lowest BCUT2D eigenvalue weighted by Crippen LogP contribution is -2.41. The van der Waals surface area contributed by atoms with Crippen molar-refractivity contribution in [3.05, 3.63) is 40.3 Å². The van der Waals surface area contributed by atoms with Crippen LogP contribution in [0.3, 0.4) is 0 Å². The molecule has 4 rings (SSSR count). The predicted octanol–water partition coefficient (Wildman–Crippen LogP) is 4.52. The van der Waals surface area contributed by atoms with E-state index in [1.807, 2.05) is 18.7 Å². The quantitative estimate of drug-likeness (QED) is 0.615. The number of nitrogens with zero attached hydrogens (tertiary/aromatic N) is 3. The minimum Gasteiger partial charge on any atom is -0.467 e. The number of thiazole rings is 1. The van der Waals surface area contributed by atoms with Crippen LogP contribution in [0.5, 0.6) is 5.19 Å². The molecule has 154 valence electrons. The summed E-state index contributed by atoms with van der Waals surface area (Å²) < 4.78 is 12.6. The van der Waals surface area contributed by atoms with Crippen LogP contribution >= 0.6 is 11.3 Å². The highest BCUT2D eigenvalue weighted by molar-refractivity contribution is 7.20. The second-order valence-electron chi connectivity index (χ2n) is 7.86. The normalized spacial score (nSPS) is 15.2. The van der Waals surface area contributed by atoms with Gasteiger partial charge in [-0.3, -0.25) is 4.79 Å². The number of piperidine rings is 1. The van der Waals surface area contributed by atoms with E-state index in [4.69, 9.17) is 14.2 Å². The fourth-order valence-electron chi connectivity index (χ4n) is 3.90. The highest BCUT2D eigenvalue weighted by atomic mass is 32.1. The zero-order valence-corrected chi connectivity index (χ0v) is 18.3. The van der Waals surface area contributed by atoms with Gasteiger partial charge in [-0.15, -0.1) is 0 Å². The summed E-state index contributed by atoms with van der Waals surface area (Å²) >= 11 is 1.62. The fourth-order valence-corrected chi connectivity index (χ4v) is 4.93. The molecule has 0 N–H and O–H groups in total. The van der Waals surface area contributed by atoms with Gasteiger partial charge in [0, 0.05) is 37.9 Å². The third-order valence-electron chi connectivity index (χ3n) is 5.75. The van der Waals surface area contributed by atoms with Gasteiger partial charge in [0.1, 0.15) is 11.9 Å². The van der Waals surface area contributed by atoms with Crippen molar-refractivity contribution >= 4 is 27.5 Å². The van der Waals surface area contributed by atoms with Crippen molar-refractivity contribution in [1.29, 1.82) is 0 Å². The smallest absolute Gasteiger partial charge is 0.274 e. The molecule has 0 bridgehead atoms. The Hall–Kier alpha value is -2.41. The summed E-state index contributed by atoms with van der Waals surface area (Å²) in [6, 6.07) is 4.24. The van der Waals surface area contributed by atoms with Crippen molar-refractivity contribution in [2.24, 2.45) is 0 Å². The first-order valence-electron chi connectivity index (χ1n) is 10.2. The maximum atomic E-state index is 12.6. The third-order valence-corrected chi connectivity index (χ3v) is 6.84. The van der Waals surface area contributed by atoms with Crippen molar-refractivity contribution < 1.29 is 14.1 Å². The minimum atomic E-state index is 0.114. The van der Waals surface area contributed by atoms with Crippen LogP contribution in [0, 0.1) is 27.7 Å². The Labute approximate surface area is 174 Å². The number of carbonyl (C=O) groups excluding carboxylic acids is 1. The zero-order valence-electron chi connectivity index (χ0n) is 17.4. The number of likely N-dealkylation sites (tertiary alicyclic amines) is 1. The van der Waals surface area contributed by atoms with E-state index >= 15 is 0 Å². The SMILES string of the molecule is Cc1noc(C)c1CCC(=O)N1CCC(Oc2nc3c(C)ccc(C)c3s2)CC1. The second-order valence-corrected chi connectivity index (χ2v) is 8.82. The summed E-state index contributed by atoms with van der Waals surface area (Å²) in [5.41, 5.74) is 5.38. The van der Waals surface area contributed by atoms with Crippen LogP contribution in [0.1, 0.15) is 47.4 Å². The Morgan fingerprint density at radius 2 is 1.93 bits per heavy atom. The molecule has 1 amide bonds. The van der Waals surface area contributed by atoms with Gasteiger partial charge in [0.25, 0.3) is 5.19 Å². The Morgan fingerprint density at radius 1 is 1.21 bits per heavy atom. The molecule has 0 radical (unpaired) electrons. The fraction of sp³-hybridized carbons (Fsp3) is 0.500. The molecule has 0 saturated carbocycles. The van der Waals surface area contributed by atoms with Crippen LogP contribution in [0.4, 0.5) is 0 Å². The summed E-state index contributed by atoms with van der Waals surface area (Å²) in [4.78, 5) is 19.2. The Bertz CT molecular complexity index is 973. The average molecular weight is 414 g/mol. The molecule has 3 heterocycles. The third kappa shape index (κ3) is 4.15. The lowest BCUT2D eigenvalue weighted by Gasteiger charge is -2.31. The lowest BCUT2D eigenvalue weighted by atomic mass is 10.0. The molecule has 0 unspecified atom stereocenters. The van der Waals surface area contributed by atoms with Gasteiger partial charge in [-0.2, -0.15) is 0 Å². The van der Waals surface area contributed by atoms with E-state index in [-0.39, 0.29) is 12.0 Å².